The maximum atomic E-state index is 10.8. The maximum Gasteiger partial charge on any atom is 1.00 e. The third-order valence-electron chi connectivity index (χ3n) is 6.20. The smallest absolute Gasteiger partial charge is 0.870 e. The quantitative estimate of drug-likeness (QED) is 0.126. The average Bonchev–Trinajstić information content (AvgIpc) is 3.06. The number of nitro benzene ring substituents is 2. The van der Waals surface area contributed by atoms with Gasteiger partial charge < -0.3 is 19.8 Å². The third kappa shape index (κ3) is 13.0. The predicted octanol–water partition coefficient (Wildman–Crippen LogP) is 4.33. The van der Waals surface area contributed by atoms with E-state index < -0.39 is 17.0 Å². The van der Waals surface area contributed by atoms with Crippen LogP contribution in [-0.2, 0) is 18.3 Å². The second kappa shape index (κ2) is 22.8. The molecule has 0 saturated heterocycles. The molecule has 0 saturated carbocycles. The number of hydrogen-bond donors (Lipinski definition) is 0. The molecule has 2 aliphatic heterocycles. The molecule has 12 nitrogen and oxygen atoms in total. The molecule has 0 amide bonds. The zero-order valence-corrected chi connectivity index (χ0v) is 28.2. The van der Waals surface area contributed by atoms with Crippen LogP contribution < -0.4 is 43.9 Å². The van der Waals surface area contributed by atoms with Gasteiger partial charge in [0.15, 0.2) is 0 Å². The van der Waals surface area contributed by atoms with Crippen LogP contribution in [0, 0.1) is 20.2 Å². The van der Waals surface area contributed by atoms with Gasteiger partial charge in [-0.3, -0.25) is 34.6 Å². The van der Waals surface area contributed by atoms with E-state index in [-0.39, 0.29) is 53.8 Å². The van der Waals surface area contributed by atoms with E-state index in [2.05, 4.69) is 30.8 Å². The Morgan fingerprint density at radius 3 is 2.04 bits per heavy atom. The van der Waals surface area contributed by atoms with Gasteiger partial charge >= 0.3 is 29.6 Å². The first kappa shape index (κ1) is 40.3. The molecule has 242 valence electrons. The van der Waals surface area contributed by atoms with Crippen LogP contribution in [0.2, 0.25) is 0 Å². The van der Waals surface area contributed by atoms with Crippen LogP contribution >= 0.6 is 15.9 Å². The predicted molar refractivity (Wildman–Crippen MR) is 173 cm³/mol. The minimum atomic E-state index is -1.00. The maximum absolute atomic E-state index is 10.8. The molecule has 0 radical (unpaired) electrons. The van der Waals surface area contributed by atoms with E-state index in [9.17, 15) is 24.6 Å². The standard InChI is InChI=1S/C14H13N3O3.C9H9NO3.C6H6BrN.CH3F.CH4.Na.H2O/c18-17(19)12-3-4-13-14(8-12)20-7-6-16(13)10-11-2-1-5-15-9-11;11-10(12)8-4-3-7-2-1-5-13-9(7)6-8;7-4-6-2-1-3-8-5-6;1-2;;;/h1-5,8-9H,6-7,10H2;3-4,6H,1-2,5H2;1-3,5H,4H2;1H3;1H4;;1H2/q;;;;;+1;/p-1/i;;;1D;;;. The molecule has 0 fully saturated rings. The Morgan fingerprint density at radius 2 is 1.50 bits per heavy atom. The molecule has 2 aliphatic rings. The van der Waals surface area contributed by atoms with Gasteiger partial charge in [0.2, 0.25) is 0 Å². The SMILES string of the molecule is BrCc1cccnc1.C.O=[N+]([O-])c1ccc2c(c1)OCCC2.O=[N+]([O-])c1ccc2c(c1)OCCN2Cc1cccnc1.[2H]CF.[Na+].[OH-]. The van der Waals surface area contributed by atoms with Crippen LogP contribution in [-0.4, -0.2) is 52.2 Å². The Hall–Kier alpha value is -3.69. The molecule has 0 atom stereocenters. The van der Waals surface area contributed by atoms with Crippen molar-refractivity contribution in [3.63, 3.8) is 0 Å². The van der Waals surface area contributed by atoms with E-state index in [1.54, 1.807) is 24.5 Å². The first-order chi connectivity index (χ1) is 21.4. The van der Waals surface area contributed by atoms with Crippen LogP contribution in [0.4, 0.5) is 21.5 Å². The van der Waals surface area contributed by atoms with E-state index >= 15 is 0 Å². The Bertz CT molecular complexity index is 1500. The number of anilines is 1. The van der Waals surface area contributed by atoms with Crippen LogP contribution in [0.15, 0.2) is 85.5 Å². The van der Waals surface area contributed by atoms with Gasteiger partial charge in [0.1, 0.15) is 18.1 Å². The number of nitro groups is 2. The van der Waals surface area contributed by atoms with Crippen molar-refractivity contribution in [3.8, 4) is 11.5 Å². The fourth-order valence-corrected chi connectivity index (χ4v) is 4.51. The Labute approximate surface area is 299 Å². The number of benzene rings is 2. The zero-order valence-electron chi connectivity index (χ0n) is 25.6. The van der Waals surface area contributed by atoms with Gasteiger partial charge in [-0.25, -0.2) is 0 Å². The number of rotatable bonds is 5. The number of halogens is 2. The second-order valence-corrected chi connectivity index (χ2v) is 9.60. The molecule has 46 heavy (non-hydrogen) atoms. The minimum absolute atomic E-state index is 0. The molecule has 2 aromatic carbocycles. The number of alkyl halides is 2. The van der Waals surface area contributed by atoms with Gasteiger partial charge in [-0.05, 0) is 53.8 Å². The number of fused-ring (bicyclic) bond motifs is 2. The number of non-ortho nitro benzene ring substituents is 2. The molecule has 4 heterocycles. The monoisotopic (exact) mass is 712 g/mol. The largest absolute Gasteiger partial charge is 1.00 e. The molecule has 6 rings (SSSR count). The van der Waals surface area contributed by atoms with Gasteiger partial charge in [0.25, 0.3) is 11.4 Å². The van der Waals surface area contributed by atoms with Crippen molar-refractivity contribution >= 4 is 33.0 Å². The number of ether oxygens (including phenoxy) is 2. The van der Waals surface area contributed by atoms with Crippen LogP contribution in [0.1, 0.15) is 31.9 Å². The summed E-state index contributed by atoms with van der Waals surface area (Å²) in [5, 5.41) is 22.1. The molecule has 0 aliphatic carbocycles. The summed E-state index contributed by atoms with van der Waals surface area (Å²) >= 11 is 3.32. The molecule has 0 unspecified atom stereocenters. The van der Waals surface area contributed by atoms with E-state index in [0.717, 1.165) is 41.5 Å². The van der Waals surface area contributed by atoms with Gasteiger partial charge in [-0.1, -0.05) is 35.5 Å². The molecular formula is C31H36BrFN5NaO7. The van der Waals surface area contributed by atoms with E-state index in [4.69, 9.17) is 10.8 Å². The van der Waals surface area contributed by atoms with Crippen molar-refractivity contribution in [2.75, 3.05) is 31.8 Å². The molecule has 0 spiro atoms. The van der Waals surface area contributed by atoms with Crippen molar-refractivity contribution in [1.82, 2.24) is 9.97 Å². The Morgan fingerprint density at radius 1 is 0.935 bits per heavy atom. The minimum Gasteiger partial charge on any atom is -0.870 e. The van der Waals surface area contributed by atoms with Crippen LogP contribution in [0.5, 0.6) is 11.5 Å². The molecule has 4 aromatic rings. The van der Waals surface area contributed by atoms with E-state index in [1.807, 2.05) is 36.7 Å². The normalized spacial score (nSPS) is 12.0. The number of hydrogen-bond acceptors (Lipinski definition) is 10. The van der Waals surface area contributed by atoms with Crippen molar-refractivity contribution in [2.24, 2.45) is 0 Å². The van der Waals surface area contributed by atoms with Gasteiger partial charge in [-0.15, -0.1) is 0 Å². The third-order valence-corrected chi connectivity index (χ3v) is 6.84. The molecule has 2 aromatic heterocycles. The Kier molecular flexibility index (Phi) is 20.0. The van der Waals surface area contributed by atoms with Crippen molar-refractivity contribution in [2.45, 2.75) is 32.1 Å². The van der Waals surface area contributed by atoms with Gasteiger partial charge in [0, 0.05) is 48.8 Å². The number of aryl methyl sites for hydroxylation is 1. The van der Waals surface area contributed by atoms with E-state index in [1.165, 1.54) is 29.8 Å². The summed E-state index contributed by atoms with van der Waals surface area (Å²) in [6.07, 6.45) is 9.11. The summed E-state index contributed by atoms with van der Waals surface area (Å²) in [6, 6.07) is 17.4. The summed E-state index contributed by atoms with van der Waals surface area (Å²) in [4.78, 5) is 30.6. The van der Waals surface area contributed by atoms with Crippen molar-refractivity contribution in [3.05, 3.63) is 122 Å². The fourth-order valence-electron chi connectivity index (χ4n) is 4.18. The van der Waals surface area contributed by atoms with Gasteiger partial charge in [-0.2, -0.15) is 0 Å². The first-order valence-electron chi connectivity index (χ1n) is 13.8. The van der Waals surface area contributed by atoms with Crippen molar-refractivity contribution in [1.29, 1.82) is 0 Å². The number of nitrogens with zero attached hydrogens (tertiary/aromatic N) is 5. The summed E-state index contributed by atoms with van der Waals surface area (Å²) in [5.74, 6) is 1.23. The van der Waals surface area contributed by atoms with Gasteiger partial charge in [0.05, 0.1) is 49.3 Å². The van der Waals surface area contributed by atoms with E-state index in [0.29, 0.717) is 31.3 Å². The fraction of sp³-hybridized carbons (Fsp3) is 0.290. The molecule has 0 bridgehead atoms. The second-order valence-electron chi connectivity index (χ2n) is 9.04. The Balaban J connectivity index is 0.000000679. The molecule has 1 N–H and O–H groups in total. The van der Waals surface area contributed by atoms with Crippen LogP contribution in [0.25, 0.3) is 0 Å². The summed E-state index contributed by atoms with van der Waals surface area (Å²) in [5.41, 5.74) is 4.40. The number of aromatic nitrogens is 2. The molecular weight excluding hydrogens is 676 g/mol. The zero-order chi connectivity index (χ0) is 31.7. The first-order valence-corrected chi connectivity index (χ1v) is 14.2. The average molecular weight is 714 g/mol. The summed E-state index contributed by atoms with van der Waals surface area (Å²) < 4.78 is 26.3. The summed E-state index contributed by atoms with van der Waals surface area (Å²) in [6.45, 7) is 2.64. The topological polar surface area (TPSA) is 164 Å². The van der Waals surface area contributed by atoms with Crippen LogP contribution in [0.3, 0.4) is 0 Å². The summed E-state index contributed by atoms with van der Waals surface area (Å²) in [7, 11) is -1.00. The number of pyridine rings is 2. The van der Waals surface area contributed by atoms with Crippen molar-refractivity contribution < 1.29 is 60.1 Å². The molecule has 15 heteroatoms.